The van der Waals surface area contributed by atoms with Crippen LogP contribution in [0.3, 0.4) is 0 Å². The van der Waals surface area contributed by atoms with Crippen molar-refractivity contribution in [3.05, 3.63) is 36.7 Å². The lowest BCUT2D eigenvalue weighted by Crippen LogP contribution is -2.29. The van der Waals surface area contributed by atoms with E-state index in [-0.39, 0.29) is 5.95 Å². The maximum atomic E-state index is 12.3. The van der Waals surface area contributed by atoms with Gasteiger partial charge in [0.05, 0.1) is 22.1 Å². The molecule has 0 amide bonds. The van der Waals surface area contributed by atoms with Gasteiger partial charge in [-0.25, -0.2) is 9.78 Å². The molecule has 0 aliphatic heterocycles. The van der Waals surface area contributed by atoms with Gasteiger partial charge in [-0.15, -0.1) is 0 Å². The summed E-state index contributed by atoms with van der Waals surface area (Å²) in [7, 11) is 5.81. The first-order chi connectivity index (χ1) is 14.5. The normalized spacial score (nSPS) is 11.8. The number of ether oxygens (including phenoxy) is 1. The maximum Gasteiger partial charge on any atom is 0.534 e. The van der Waals surface area contributed by atoms with E-state index in [9.17, 15) is 4.79 Å². The van der Waals surface area contributed by atoms with Crippen LogP contribution >= 0.6 is 0 Å². The van der Waals surface area contributed by atoms with Crippen LogP contribution in [-0.4, -0.2) is 45.1 Å². The highest BCUT2D eigenvalue weighted by atomic mass is 16.8. The van der Waals surface area contributed by atoms with E-state index in [1.807, 2.05) is 55.0 Å². The lowest BCUT2D eigenvalue weighted by molar-refractivity contribution is -0.00992. The molecule has 3 aromatic heterocycles. The molecule has 31 heavy (non-hydrogen) atoms. The summed E-state index contributed by atoms with van der Waals surface area (Å²) < 4.78 is 8.72. The van der Waals surface area contributed by atoms with Crippen molar-refractivity contribution in [2.24, 2.45) is 7.05 Å². The lowest BCUT2D eigenvalue weighted by atomic mass is 10.0. The van der Waals surface area contributed by atoms with E-state index in [4.69, 9.17) is 15.3 Å². The monoisotopic (exact) mass is 422 g/mol. The topological polar surface area (TPSA) is 100 Å². The highest BCUT2D eigenvalue weighted by molar-refractivity contribution is 6.15. The summed E-state index contributed by atoms with van der Waals surface area (Å²) in [5.41, 5.74) is 8.51. The predicted octanol–water partition coefficient (Wildman–Crippen LogP) is 3.60. The van der Waals surface area contributed by atoms with Gasteiger partial charge in [0.25, 0.3) is 0 Å². The fourth-order valence-corrected chi connectivity index (χ4v) is 3.64. The van der Waals surface area contributed by atoms with Crippen LogP contribution in [0.25, 0.3) is 33.1 Å². The summed E-state index contributed by atoms with van der Waals surface area (Å²) in [6, 6.07) is 7.64. The predicted molar refractivity (Wildman–Crippen MR) is 121 cm³/mol. The van der Waals surface area contributed by atoms with E-state index in [0.29, 0.717) is 11.2 Å². The molecule has 1 aromatic carbocycles. The summed E-state index contributed by atoms with van der Waals surface area (Å²) in [5.74, 6) is 0.934. The molecular weight excluding hydrogens is 396 g/mol. The number of carbonyl (C=O) groups is 1. The second-order valence-electron chi connectivity index (χ2n) is 8.58. The Morgan fingerprint density at radius 2 is 1.90 bits per heavy atom. The summed E-state index contributed by atoms with van der Waals surface area (Å²) in [4.78, 5) is 28.5. The van der Waals surface area contributed by atoms with Gasteiger partial charge in [-0.1, -0.05) is 0 Å². The van der Waals surface area contributed by atoms with Crippen LogP contribution in [0.2, 0.25) is 0 Å². The Morgan fingerprint density at radius 1 is 1.16 bits per heavy atom. The largest absolute Gasteiger partial charge is 0.534 e. The summed E-state index contributed by atoms with van der Waals surface area (Å²) in [6.07, 6.45) is 2.86. The molecule has 9 nitrogen and oxygen atoms in total. The molecule has 0 atom stereocenters. The number of fused-ring (bicyclic) bond motifs is 3. The summed E-state index contributed by atoms with van der Waals surface area (Å²) in [6.45, 7) is 5.36. The zero-order chi connectivity index (χ0) is 22.5. The minimum absolute atomic E-state index is 0.192. The number of rotatable bonds is 3. The molecule has 0 radical (unpaired) electrons. The third kappa shape index (κ3) is 3.74. The highest BCUT2D eigenvalue weighted by Crippen LogP contribution is 2.38. The first-order valence-electron chi connectivity index (χ1n) is 9.87. The number of aryl methyl sites for hydroxylation is 1. The zero-order valence-corrected chi connectivity index (χ0v) is 18.5. The third-order valence-electron chi connectivity index (χ3n) is 4.79. The lowest BCUT2D eigenvalue weighted by Gasteiger charge is -2.20. The average molecular weight is 422 g/mol. The van der Waals surface area contributed by atoms with Crippen LogP contribution in [-0.2, 0) is 11.8 Å². The maximum absolute atomic E-state index is 12.3. The van der Waals surface area contributed by atoms with Crippen LogP contribution in [0.4, 0.5) is 16.6 Å². The summed E-state index contributed by atoms with van der Waals surface area (Å²) in [5, 5.41) is 1.88. The number of nitrogen functional groups attached to an aromatic ring is 1. The Bertz CT molecular complexity index is 1300. The van der Waals surface area contributed by atoms with Crippen LogP contribution in [0.15, 0.2) is 36.7 Å². The molecule has 0 saturated carbocycles. The Balaban J connectivity index is 1.93. The van der Waals surface area contributed by atoms with Crippen molar-refractivity contribution in [3.8, 4) is 11.3 Å². The standard InChI is InChI=1S/C22H26N6O3/c1-22(2,3)30-21(29)31-28-10-7-8-16(28)14-12-15-17(13-9-11-27(6)18(13)14)19(26(4)5)25-20(23)24-15/h7-12H,1-6H3,(H2,23,24,25). The van der Waals surface area contributed by atoms with Crippen molar-refractivity contribution in [2.45, 2.75) is 26.4 Å². The van der Waals surface area contributed by atoms with Crippen molar-refractivity contribution in [1.29, 1.82) is 0 Å². The van der Waals surface area contributed by atoms with Gasteiger partial charge in [-0.05, 0) is 45.0 Å². The molecular formula is C22H26N6O3. The van der Waals surface area contributed by atoms with Gasteiger partial charge < -0.3 is 24.8 Å². The average Bonchev–Trinajstić information content (AvgIpc) is 3.25. The molecule has 162 valence electrons. The molecule has 3 heterocycles. The number of aromatic nitrogens is 4. The van der Waals surface area contributed by atoms with Gasteiger partial charge in [-0.3, -0.25) is 0 Å². The van der Waals surface area contributed by atoms with Gasteiger partial charge in [-0.2, -0.15) is 9.71 Å². The number of carbonyl (C=O) groups excluding carboxylic acids is 1. The van der Waals surface area contributed by atoms with Gasteiger partial charge in [0.2, 0.25) is 5.95 Å². The molecule has 0 aliphatic rings. The van der Waals surface area contributed by atoms with Gasteiger partial charge in [0.15, 0.2) is 0 Å². The fourth-order valence-electron chi connectivity index (χ4n) is 3.64. The second-order valence-corrected chi connectivity index (χ2v) is 8.58. The quantitative estimate of drug-likeness (QED) is 0.504. The van der Waals surface area contributed by atoms with Gasteiger partial charge >= 0.3 is 6.16 Å². The smallest absolute Gasteiger partial charge is 0.427 e. The number of hydrogen-bond acceptors (Lipinski definition) is 7. The number of nitrogens with zero attached hydrogens (tertiary/aromatic N) is 5. The minimum atomic E-state index is -0.782. The van der Waals surface area contributed by atoms with E-state index in [1.54, 1.807) is 33.0 Å². The van der Waals surface area contributed by atoms with Crippen molar-refractivity contribution < 1.29 is 14.4 Å². The number of hydrogen-bond donors (Lipinski definition) is 1. The molecule has 0 saturated heterocycles. The Morgan fingerprint density at radius 3 is 2.58 bits per heavy atom. The molecule has 0 unspecified atom stereocenters. The SMILES string of the molecule is CN(C)c1nc(N)nc2cc(-c3cccn3OC(=O)OC(C)(C)C)c3c(ccn3C)c12. The molecule has 0 spiro atoms. The van der Waals surface area contributed by atoms with Crippen LogP contribution in [0, 0.1) is 0 Å². The summed E-state index contributed by atoms with van der Waals surface area (Å²) >= 11 is 0. The number of benzene rings is 1. The van der Waals surface area contributed by atoms with Crippen molar-refractivity contribution in [1.82, 2.24) is 19.3 Å². The van der Waals surface area contributed by atoms with E-state index in [0.717, 1.165) is 27.7 Å². The number of nitrogens with two attached hydrogens (primary N) is 1. The van der Waals surface area contributed by atoms with Crippen LogP contribution in [0.5, 0.6) is 0 Å². The third-order valence-corrected chi connectivity index (χ3v) is 4.79. The van der Waals surface area contributed by atoms with Crippen LogP contribution < -0.4 is 15.5 Å². The Hall–Kier alpha value is -3.75. The van der Waals surface area contributed by atoms with Crippen molar-refractivity contribution >= 4 is 39.7 Å². The van der Waals surface area contributed by atoms with E-state index in [2.05, 4.69) is 9.97 Å². The molecule has 4 aromatic rings. The molecule has 0 aliphatic carbocycles. The van der Waals surface area contributed by atoms with Crippen LogP contribution in [0.1, 0.15) is 20.8 Å². The molecule has 0 fully saturated rings. The first kappa shape index (κ1) is 20.5. The minimum Gasteiger partial charge on any atom is -0.427 e. The van der Waals surface area contributed by atoms with Crippen molar-refractivity contribution in [3.63, 3.8) is 0 Å². The van der Waals surface area contributed by atoms with Gasteiger partial charge in [0.1, 0.15) is 11.4 Å². The molecule has 2 N–H and O–H groups in total. The molecule has 9 heteroatoms. The van der Waals surface area contributed by atoms with E-state index < -0.39 is 11.8 Å². The Kier molecular flexibility index (Phi) is 4.76. The van der Waals surface area contributed by atoms with E-state index in [1.165, 1.54) is 4.73 Å². The second kappa shape index (κ2) is 7.19. The van der Waals surface area contributed by atoms with Crippen molar-refractivity contribution in [2.75, 3.05) is 24.7 Å². The highest BCUT2D eigenvalue weighted by Gasteiger charge is 2.22. The zero-order valence-electron chi connectivity index (χ0n) is 18.5. The fraction of sp³-hybridized carbons (Fsp3) is 0.318. The first-order valence-corrected chi connectivity index (χ1v) is 9.87. The molecule has 4 rings (SSSR count). The Labute approximate surface area is 179 Å². The number of anilines is 2. The van der Waals surface area contributed by atoms with Gasteiger partial charge in [0, 0.05) is 44.5 Å². The van der Waals surface area contributed by atoms with E-state index >= 15 is 0 Å². The molecule has 0 bridgehead atoms.